The van der Waals surface area contributed by atoms with Crippen molar-refractivity contribution in [2.24, 2.45) is 17.0 Å². The normalized spacial score (nSPS) is 30.8. The molecule has 1 saturated carbocycles. The van der Waals surface area contributed by atoms with Gasteiger partial charge < -0.3 is 5.21 Å². The first-order valence-electron chi connectivity index (χ1n) is 4.99. The summed E-state index contributed by atoms with van der Waals surface area (Å²) in [4.78, 5) is 0. The fourth-order valence-corrected chi connectivity index (χ4v) is 1.95. The zero-order valence-electron chi connectivity index (χ0n) is 8.75. The van der Waals surface area contributed by atoms with Gasteiger partial charge in [0.25, 0.3) is 0 Å². The average Bonchev–Trinajstić information content (AvgIpc) is 2.43. The maximum Gasteiger partial charge on any atom is 0.0607 e. The summed E-state index contributed by atoms with van der Waals surface area (Å²) in [6.45, 7) is 6.45. The molecule has 74 valence electrons. The highest BCUT2D eigenvalue weighted by Crippen LogP contribution is 2.32. The minimum atomic E-state index is 0.472. The zero-order valence-corrected chi connectivity index (χ0v) is 8.75. The predicted octanol–water partition coefficient (Wildman–Crippen LogP) is 3.22. The smallest absolute Gasteiger partial charge is 0.0607 e. The molecule has 0 radical (unpaired) electrons. The van der Waals surface area contributed by atoms with E-state index in [-0.39, 0.29) is 0 Å². The molecule has 0 unspecified atom stereocenters. The predicted molar refractivity (Wildman–Crippen MR) is 55.2 cm³/mol. The lowest BCUT2D eigenvalue weighted by molar-refractivity contribution is 0.313. The lowest BCUT2D eigenvalue weighted by Crippen LogP contribution is -2.11. The third-order valence-corrected chi connectivity index (χ3v) is 2.88. The van der Waals surface area contributed by atoms with E-state index >= 15 is 0 Å². The second-order valence-corrected chi connectivity index (χ2v) is 4.23. The molecule has 1 fully saturated rings. The Kier molecular flexibility index (Phi) is 3.52. The van der Waals surface area contributed by atoms with Crippen molar-refractivity contribution in [1.82, 2.24) is 0 Å². The molecule has 0 aromatic rings. The first-order valence-corrected chi connectivity index (χ1v) is 4.99. The van der Waals surface area contributed by atoms with E-state index < -0.39 is 0 Å². The van der Waals surface area contributed by atoms with Gasteiger partial charge in [0.05, 0.1) is 5.71 Å². The van der Waals surface area contributed by atoms with Gasteiger partial charge in [0.2, 0.25) is 0 Å². The Morgan fingerprint density at radius 1 is 1.62 bits per heavy atom. The number of nitrogens with zero attached hydrogens (tertiary/aromatic N) is 1. The van der Waals surface area contributed by atoms with Crippen LogP contribution in [-0.2, 0) is 0 Å². The van der Waals surface area contributed by atoms with Gasteiger partial charge in [0.15, 0.2) is 0 Å². The van der Waals surface area contributed by atoms with Gasteiger partial charge >= 0.3 is 0 Å². The van der Waals surface area contributed by atoms with Gasteiger partial charge in [-0.05, 0) is 39.0 Å². The minimum absolute atomic E-state index is 0.472. The lowest BCUT2D eigenvalue weighted by atomic mass is 9.93. The number of hydrogen-bond acceptors (Lipinski definition) is 2. The summed E-state index contributed by atoms with van der Waals surface area (Å²) in [7, 11) is 0. The van der Waals surface area contributed by atoms with Gasteiger partial charge in [-0.2, -0.15) is 0 Å². The number of allylic oxidation sites excluding steroid dienone is 2. The van der Waals surface area contributed by atoms with Crippen LogP contribution < -0.4 is 0 Å². The topological polar surface area (TPSA) is 32.6 Å². The second-order valence-electron chi connectivity index (χ2n) is 4.23. The van der Waals surface area contributed by atoms with E-state index in [0.717, 1.165) is 18.6 Å². The van der Waals surface area contributed by atoms with Crippen molar-refractivity contribution in [1.29, 1.82) is 0 Å². The SMILES string of the molecule is CC(C)=CC[C@@H]1C(=NO)CC[C@H]1C. The van der Waals surface area contributed by atoms with Crippen LogP contribution in [0.3, 0.4) is 0 Å². The number of hydrogen-bond donors (Lipinski definition) is 1. The molecular weight excluding hydrogens is 162 g/mol. The molecule has 1 aliphatic carbocycles. The van der Waals surface area contributed by atoms with Gasteiger partial charge in [-0.25, -0.2) is 0 Å². The molecule has 1 aliphatic rings. The van der Waals surface area contributed by atoms with E-state index in [0.29, 0.717) is 11.8 Å². The first-order chi connectivity index (χ1) is 6.15. The molecule has 0 aromatic carbocycles. The van der Waals surface area contributed by atoms with Gasteiger partial charge in [0.1, 0.15) is 0 Å². The van der Waals surface area contributed by atoms with E-state index in [1.165, 1.54) is 12.0 Å². The third-order valence-electron chi connectivity index (χ3n) is 2.88. The monoisotopic (exact) mass is 181 g/mol. The summed E-state index contributed by atoms with van der Waals surface area (Å²) >= 11 is 0. The van der Waals surface area contributed by atoms with Crippen molar-refractivity contribution in [3.8, 4) is 0 Å². The van der Waals surface area contributed by atoms with Crippen LogP contribution in [-0.4, -0.2) is 10.9 Å². The Balaban J connectivity index is 2.60. The van der Waals surface area contributed by atoms with E-state index in [9.17, 15) is 0 Å². The van der Waals surface area contributed by atoms with Crippen LogP contribution in [0.1, 0.15) is 40.0 Å². The van der Waals surface area contributed by atoms with Crippen molar-refractivity contribution >= 4 is 5.71 Å². The van der Waals surface area contributed by atoms with Crippen molar-refractivity contribution in [2.45, 2.75) is 40.0 Å². The highest BCUT2D eigenvalue weighted by Gasteiger charge is 2.28. The largest absolute Gasteiger partial charge is 0.411 e. The molecule has 2 heteroatoms. The molecule has 2 nitrogen and oxygen atoms in total. The number of oxime groups is 1. The Bertz CT molecular complexity index is 226. The molecule has 0 heterocycles. The zero-order chi connectivity index (χ0) is 9.84. The lowest BCUT2D eigenvalue weighted by Gasteiger charge is -2.12. The Hall–Kier alpha value is -0.790. The van der Waals surface area contributed by atoms with Crippen molar-refractivity contribution < 1.29 is 5.21 Å². The Labute approximate surface area is 80.3 Å². The third kappa shape index (κ3) is 2.58. The van der Waals surface area contributed by atoms with Crippen molar-refractivity contribution in [3.63, 3.8) is 0 Å². The van der Waals surface area contributed by atoms with E-state index in [1.807, 2.05) is 0 Å². The van der Waals surface area contributed by atoms with Gasteiger partial charge in [0, 0.05) is 5.92 Å². The molecule has 13 heavy (non-hydrogen) atoms. The fourth-order valence-electron chi connectivity index (χ4n) is 1.95. The van der Waals surface area contributed by atoms with Gasteiger partial charge in [-0.15, -0.1) is 0 Å². The van der Waals surface area contributed by atoms with Crippen LogP contribution in [0.25, 0.3) is 0 Å². The average molecular weight is 181 g/mol. The maximum absolute atomic E-state index is 8.79. The Morgan fingerprint density at radius 2 is 2.31 bits per heavy atom. The summed E-state index contributed by atoms with van der Waals surface area (Å²) in [5.74, 6) is 1.14. The van der Waals surface area contributed by atoms with Gasteiger partial charge in [-0.3, -0.25) is 0 Å². The minimum Gasteiger partial charge on any atom is -0.411 e. The van der Waals surface area contributed by atoms with Crippen LogP contribution >= 0.6 is 0 Å². The fraction of sp³-hybridized carbons (Fsp3) is 0.727. The maximum atomic E-state index is 8.79. The highest BCUT2D eigenvalue weighted by molar-refractivity contribution is 5.88. The number of rotatable bonds is 2. The van der Waals surface area contributed by atoms with Crippen LogP contribution in [0, 0.1) is 11.8 Å². The van der Waals surface area contributed by atoms with Crippen LogP contribution in [0.5, 0.6) is 0 Å². The van der Waals surface area contributed by atoms with E-state index in [4.69, 9.17) is 5.21 Å². The summed E-state index contributed by atoms with van der Waals surface area (Å²) in [6, 6.07) is 0. The molecule has 0 bridgehead atoms. The molecule has 0 amide bonds. The van der Waals surface area contributed by atoms with Crippen molar-refractivity contribution in [3.05, 3.63) is 11.6 Å². The summed E-state index contributed by atoms with van der Waals surface area (Å²) in [5, 5.41) is 12.2. The first kappa shape index (κ1) is 10.3. The molecular formula is C11H19NO. The summed E-state index contributed by atoms with van der Waals surface area (Å²) in [5.41, 5.74) is 2.33. The summed E-state index contributed by atoms with van der Waals surface area (Å²) in [6.07, 6.45) is 5.40. The molecule has 0 spiro atoms. The standard InChI is InChI=1S/C11H19NO/c1-8(2)4-6-10-9(3)5-7-11(10)12-13/h4,9-10,13H,5-7H2,1-3H3/t9-,10+/m1/s1. The van der Waals surface area contributed by atoms with Crippen LogP contribution in [0.2, 0.25) is 0 Å². The van der Waals surface area contributed by atoms with Gasteiger partial charge in [-0.1, -0.05) is 23.7 Å². The molecule has 1 N–H and O–H groups in total. The van der Waals surface area contributed by atoms with Crippen molar-refractivity contribution in [2.75, 3.05) is 0 Å². The molecule has 2 atom stereocenters. The molecule has 0 aliphatic heterocycles. The molecule has 0 aromatic heterocycles. The summed E-state index contributed by atoms with van der Waals surface area (Å²) < 4.78 is 0. The van der Waals surface area contributed by atoms with Crippen LogP contribution in [0.4, 0.5) is 0 Å². The molecule has 0 saturated heterocycles. The quantitative estimate of drug-likeness (QED) is 0.396. The van der Waals surface area contributed by atoms with Crippen LogP contribution in [0.15, 0.2) is 16.8 Å². The van der Waals surface area contributed by atoms with E-state index in [1.54, 1.807) is 0 Å². The molecule has 1 rings (SSSR count). The second kappa shape index (κ2) is 4.45. The Morgan fingerprint density at radius 3 is 2.85 bits per heavy atom. The van der Waals surface area contributed by atoms with E-state index in [2.05, 4.69) is 32.0 Å². The highest BCUT2D eigenvalue weighted by atomic mass is 16.4.